The van der Waals surface area contributed by atoms with Gasteiger partial charge in [0, 0.05) is 6.20 Å². The van der Waals surface area contributed by atoms with E-state index in [0.717, 1.165) is 0 Å². The Bertz CT molecular complexity index is 441. The summed E-state index contributed by atoms with van der Waals surface area (Å²) < 4.78 is 10.9. The second-order valence-electron chi connectivity index (χ2n) is 3.56. The fourth-order valence-corrected chi connectivity index (χ4v) is 1.33. The molecule has 18 heavy (non-hydrogen) atoms. The SMILES string of the molecule is CCOC(=O)c1nn(C(C)C(=O)OCC)cc1N. The summed E-state index contributed by atoms with van der Waals surface area (Å²) in [5.41, 5.74) is 5.83. The first-order valence-corrected chi connectivity index (χ1v) is 5.69. The Balaban J connectivity index is 2.89. The standard InChI is InChI=1S/C11H17N3O4/c1-4-17-10(15)7(3)14-6-8(12)9(13-14)11(16)18-5-2/h6-7H,4-5,12H2,1-3H3. The average Bonchev–Trinajstić information content (AvgIpc) is 2.71. The van der Waals surface area contributed by atoms with Crippen LogP contribution >= 0.6 is 0 Å². The Morgan fingerprint density at radius 2 is 2.00 bits per heavy atom. The lowest BCUT2D eigenvalue weighted by atomic mass is 10.3. The number of nitrogens with zero attached hydrogens (tertiary/aromatic N) is 2. The number of carbonyl (C=O) groups is 2. The Hall–Kier alpha value is -2.05. The van der Waals surface area contributed by atoms with Crippen LogP contribution in [0, 0.1) is 0 Å². The molecule has 0 saturated carbocycles. The van der Waals surface area contributed by atoms with Crippen LogP contribution in [0.5, 0.6) is 0 Å². The third-order valence-corrected chi connectivity index (χ3v) is 2.25. The first-order chi connectivity index (χ1) is 8.51. The van der Waals surface area contributed by atoms with Gasteiger partial charge in [-0.05, 0) is 20.8 Å². The molecule has 1 aromatic heterocycles. The molecular formula is C11H17N3O4. The molecule has 0 amide bonds. The topological polar surface area (TPSA) is 96.4 Å². The van der Waals surface area contributed by atoms with E-state index in [0.29, 0.717) is 0 Å². The Labute approximate surface area is 105 Å². The quantitative estimate of drug-likeness (QED) is 0.780. The number of nitrogen functional groups attached to an aromatic ring is 1. The van der Waals surface area contributed by atoms with E-state index in [1.54, 1.807) is 20.8 Å². The number of anilines is 1. The highest BCUT2D eigenvalue weighted by atomic mass is 16.5. The van der Waals surface area contributed by atoms with Crippen molar-refractivity contribution >= 4 is 17.6 Å². The molecule has 7 nitrogen and oxygen atoms in total. The van der Waals surface area contributed by atoms with Crippen LogP contribution in [0.2, 0.25) is 0 Å². The van der Waals surface area contributed by atoms with Crippen molar-refractivity contribution < 1.29 is 19.1 Å². The van der Waals surface area contributed by atoms with Crippen LogP contribution in [-0.4, -0.2) is 34.9 Å². The summed E-state index contributed by atoms with van der Waals surface area (Å²) in [7, 11) is 0. The second-order valence-corrected chi connectivity index (χ2v) is 3.56. The van der Waals surface area contributed by atoms with Crippen molar-refractivity contribution in [3.8, 4) is 0 Å². The number of esters is 2. The molecule has 2 N–H and O–H groups in total. The average molecular weight is 255 g/mol. The van der Waals surface area contributed by atoms with Crippen molar-refractivity contribution in [3.63, 3.8) is 0 Å². The molecule has 1 rings (SSSR count). The number of hydrogen-bond donors (Lipinski definition) is 1. The number of hydrogen-bond acceptors (Lipinski definition) is 6. The lowest BCUT2D eigenvalue weighted by Gasteiger charge is -2.10. The molecule has 0 aliphatic carbocycles. The Morgan fingerprint density at radius 3 is 2.56 bits per heavy atom. The van der Waals surface area contributed by atoms with Crippen LogP contribution in [0.3, 0.4) is 0 Å². The number of rotatable bonds is 5. The predicted octanol–water partition coefficient (Wildman–Crippen LogP) is 0.766. The minimum atomic E-state index is -0.643. The lowest BCUT2D eigenvalue weighted by molar-refractivity contribution is -0.146. The second kappa shape index (κ2) is 6.04. The number of nitrogens with two attached hydrogens (primary N) is 1. The first kappa shape index (κ1) is 14.0. The zero-order valence-electron chi connectivity index (χ0n) is 10.7. The van der Waals surface area contributed by atoms with Gasteiger partial charge in [-0.1, -0.05) is 0 Å². The molecule has 1 heterocycles. The zero-order valence-corrected chi connectivity index (χ0v) is 10.7. The predicted molar refractivity (Wildman–Crippen MR) is 63.9 cm³/mol. The molecule has 0 spiro atoms. The van der Waals surface area contributed by atoms with Gasteiger partial charge in [0.1, 0.15) is 6.04 Å². The summed E-state index contributed by atoms with van der Waals surface area (Å²) in [6.07, 6.45) is 1.41. The van der Waals surface area contributed by atoms with Gasteiger partial charge in [-0.3, -0.25) is 4.68 Å². The third-order valence-electron chi connectivity index (χ3n) is 2.25. The van der Waals surface area contributed by atoms with Gasteiger partial charge in [0.15, 0.2) is 5.69 Å². The van der Waals surface area contributed by atoms with Crippen LogP contribution in [0.4, 0.5) is 5.69 Å². The fourth-order valence-electron chi connectivity index (χ4n) is 1.33. The highest BCUT2D eigenvalue weighted by Crippen LogP contribution is 2.15. The van der Waals surface area contributed by atoms with Crippen molar-refractivity contribution in [2.75, 3.05) is 18.9 Å². The normalized spacial score (nSPS) is 11.9. The van der Waals surface area contributed by atoms with Gasteiger partial charge in [0.25, 0.3) is 0 Å². The van der Waals surface area contributed by atoms with E-state index in [-0.39, 0.29) is 24.6 Å². The summed E-state index contributed by atoms with van der Waals surface area (Å²) in [4.78, 5) is 23.0. The highest BCUT2D eigenvalue weighted by Gasteiger charge is 2.22. The summed E-state index contributed by atoms with van der Waals surface area (Å²) >= 11 is 0. The van der Waals surface area contributed by atoms with Crippen molar-refractivity contribution in [1.29, 1.82) is 0 Å². The van der Waals surface area contributed by atoms with Gasteiger partial charge in [-0.2, -0.15) is 5.10 Å². The van der Waals surface area contributed by atoms with Crippen LogP contribution in [0.1, 0.15) is 37.3 Å². The molecule has 0 aliphatic heterocycles. The van der Waals surface area contributed by atoms with Crippen LogP contribution in [0.15, 0.2) is 6.20 Å². The molecule has 0 radical (unpaired) electrons. The van der Waals surface area contributed by atoms with E-state index in [1.807, 2.05) is 0 Å². The third kappa shape index (κ3) is 2.99. The molecular weight excluding hydrogens is 238 g/mol. The molecule has 100 valence electrons. The van der Waals surface area contributed by atoms with Crippen molar-refractivity contribution in [3.05, 3.63) is 11.9 Å². The molecule has 1 atom stereocenters. The monoisotopic (exact) mass is 255 g/mol. The minimum Gasteiger partial charge on any atom is -0.464 e. The van der Waals surface area contributed by atoms with Crippen molar-refractivity contribution in [1.82, 2.24) is 9.78 Å². The smallest absolute Gasteiger partial charge is 0.361 e. The van der Waals surface area contributed by atoms with Gasteiger partial charge in [-0.25, -0.2) is 9.59 Å². The van der Waals surface area contributed by atoms with Crippen molar-refractivity contribution in [2.45, 2.75) is 26.8 Å². The van der Waals surface area contributed by atoms with Gasteiger partial charge in [-0.15, -0.1) is 0 Å². The van der Waals surface area contributed by atoms with Gasteiger partial charge < -0.3 is 15.2 Å². The molecule has 0 aliphatic rings. The van der Waals surface area contributed by atoms with Crippen LogP contribution < -0.4 is 5.73 Å². The Morgan fingerprint density at radius 1 is 1.39 bits per heavy atom. The van der Waals surface area contributed by atoms with Crippen molar-refractivity contribution in [2.24, 2.45) is 0 Å². The van der Waals surface area contributed by atoms with E-state index in [1.165, 1.54) is 10.9 Å². The van der Waals surface area contributed by atoms with Gasteiger partial charge in [0.2, 0.25) is 0 Å². The maximum Gasteiger partial charge on any atom is 0.361 e. The molecule has 7 heteroatoms. The van der Waals surface area contributed by atoms with E-state index in [4.69, 9.17) is 15.2 Å². The highest BCUT2D eigenvalue weighted by molar-refractivity contribution is 5.92. The first-order valence-electron chi connectivity index (χ1n) is 5.69. The molecule has 0 aromatic carbocycles. The summed E-state index contributed by atoms with van der Waals surface area (Å²) in [6, 6.07) is -0.643. The maximum absolute atomic E-state index is 11.5. The summed E-state index contributed by atoms with van der Waals surface area (Å²) in [5, 5.41) is 3.95. The van der Waals surface area contributed by atoms with Crippen LogP contribution in [-0.2, 0) is 14.3 Å². The summed E-state index contributed by atoms with van der Waals surface area (Å²) in [5.74, 6) is -1.04. The van der Waals surface area contributed by atoms with E-state index >= 15 is 0 Å². The van der Waals surface area contributed by atoms with Gasteiger partial charge in [0.05, 0.1) is 18.9 Å². The zero-order chi connectivity index (χ0) is 13.7. The number of aromatic nitrogens is 2. The largest absolute Gasteiger partial charge is 0.464 e. The number of carbonyl (C=O) groups excluding carboxylic acids is 2. The maximum atomic E-state index is 11.5. The molecule has 0 fully saturated rings. The Kier molecular flexibility index (Phi) is 4.70. The van der Waals surface area contributed by atoms with E-state index < -0.39 is 18.0 Å². The lowest BCUT2D eigenvalue weighted by Crippen LogP contribution is -2.20. The number of ether oxygens (including phenoxy) is 2. The fraction of sp³-hybridized carbons (Fsp3) is 0.545. The molecule has 0 bridgehead atoms. The van der Waals surface area contributed by atoms with E-state index in [9.17, 15) is 9.59 Å². The molecule has 1 unspecified atom stereocenters. The van der Waals surface area contributed by atoms with Gasteiger partial charge >= 0.3 is 11.9 Å². The molecule has 1 aromatic rings. The molecule has 0 saturated heterocycles. The minimum absolute atomic E-state index is 0.00741. The van der Waals surface area contributed by atoms with E-state index in [2.05, 4.69) is 5.10 Å². The van der Waals surface area contributed by atoms with Crippen LogP contribution in [0.25, 0.3) is 0 Å². The summed E-state index contributed by atoms with van der Waals surface area (Å²) in [6.45, 7) is 5.53.